The molecule has 3 nitrogen and oxygen atoms in total. The normalized spacial score (nSPS) is 13.8. The number of benzene rings is 2. The van der Waals surface area contributed by atoms with E-state index in [1.807, 2.05) is 0 Å². The molecule has 0 unspecified atom stereocenters. The molecule has 2 amide bonds. The maximum absolute atomic E-state index is 12.4. The third kappa shape index (κ3) is 2.03. The SMILES string of the molecule is O=C1c2ccccc2C(=O)N1c1c(Cl)cc(I)cc1Cl. The standard InChI is InChI=1S/C14H6Cl2INO2/c15-10-5-7(17)6-11(16)12(10)18-13(19)8-3-1-2-4-9(8)14(18)20/h1-6H. The molecular formula is C14H6Cl2INO2. The summed E-state index contributed by atoms with van der Waals surface area (Å²) in [5, 5.41) is 0.549. The second-order valence-electron chi connectivity index (χ2n) is 4.21. The Morgan fingerprint density at radius 2 is 1.35 bits per heavy atom. The number of rotatable bonds is 1. The number of nitrogens with zero attached hydrogens (tertiary/aromatic N) is 1. The van der Waals surface area contributed by atoms with Crippen molar-refractivity contribution >= 4 is 63.3 Å². The van der Waals surface area contributed by atoms with Crippen LogP contribution in [-0.2, 0) is 0 Å². The highest BCUT2D eigenvalue weighted by Gasteiger charge is 2.38. The maximum atomic E-state index is 12.4. The molecule has 0 aliphatic carbocycles. The third-order valence-electron chi connectivity index (χ3n) is 3.00. The van der Waals surface area contributed by atoms with Crippen LogP contribution < -0.4 is 4.90 Å². The van der Waals surface area contributed by atoms with E-state index in [2.05, 4.69) is 22.6 Å². The predicted octanol–water partition coefficient (Wildman–Crippen LogP) is 4.40. The highest BCUT2D eigenvalue weighted by Crippen LogP contribution is 2.39. The van der Waals surface area contributed by atoms with E-state index >= 15 is 0 Å². The Labute approximate surface area is 138 Å². The Bertz CT molecular complexity index is 703. The van der Waals surface area contributed by atoms with Crippen molar-refractivity contribution in [2.75, 3.05) is 4.90 Å². The highest BCUT2D eigenvalue weighted by atomic mass is 127. The first kappa shape index (κ1) is 13.9. The van der Waals surface area contributed by atoms with E-state index in [4.69, 9.17) is 23.2 Å². The minimum absolute atomic E-state index is 0.236. The first-order valence-electron chi connectivity index (χ1n) is 5.63. The van der Waals surface area contributed by atoms with E-state index in [9.17, 15) is 9.59 Å². The number of carbonyl (C=O) groups excluding carboxylic acids is 2. The fourth-order valence-corrected chi connectivity index (χ4v) is 3.79. The number of hydrogen-bond donors (Lipinski definition) is 0. The van der Waals surface area contributed by atoms with Crippen LogP contribution in [0.3, 0.4) is 0 Å². The van der Waals surface area contributed by atoms with E-state index in [1.165, 1.54) is 0 Å². The van der Waals surface area contributed by atoms with Crippen molar-refractivity contribution in [2.45, 2.75) is 0 Å². The number of amides is 2. The molecule has 1 aliphatic heterocycles. The largest absolute Gasteiger partial charge is 0.268 e. The summed E-state index contributed by atoms with van der Waals surface area (Å²) < 4.78 is 0.831. The summed E-state index contributed by atoms with van der Waals surface area (Å²) in [4.78, 5) is 25.8. The van der Waals surface area contributed by atoms with E-state index < -0.39 is 11.8 Å². The van der Waals surface area contributed by atoms with Crippen LogP contribution in [0.2, 0.25) is 10.0 Å². The van der Waals surface area contributed by atoms with Crippen molar-refractivity contribution in [1.82, 2.24) is 0 Å². The van der Waals surface area contributed by atoms with Crippen molar-refractivity contribution in [3.8, 4) is 0 Å². The molecule has 2 aromatic carbocycles. The van der Waals surface area contributed by atoms with E-state index in [1.54, 1.807) is 36.4 Å². The lowest BCUT2D eigenvalue weighted by molar-refractivity contribution is 0.0926. The number of halogens is 3. The summed E-state index contributed by atoms with van der Waals surface area (Å²) in [6.07, 6.45) is 0. The molecule has 0 saturated heterocycles. The Kier molecular flexibility index (Phi) is 3.48. The van der Waals surface area contributed by atoms with Gasteiger partial charge in [-0.3, -0.25) is 9.59 Å². The van der Waals surface area contributed by atoms with Crippen LogP contribution in [0.15, 0.2) is 36.4 Å². The van der Waals surface area contributed by atoms with Gasteiger partial charge in [0.05, 0.1) is 26.9 Å². The Hall–Kier alpha value is -1.11. The predicted molar refractivity (Wildman–Crippen MR) is 86.8 cm³/mol. The average molecular weight is 418 g/mol. The zero-order valence-electron chi connectivity index (χ0n) is 9.86. The quantitative estimate of drug-likeness (QED) is 0.509. The Morgan fingerprint density at radius 1 is 0.900 bits per heavy atom. The van der Waals surface area contributed by atoms with Crippen LogP contribution in [0.5, 0.6) is 0 Å². The average Bonchev–Trinajstić information content (AvgIpc) is 2.64. The van der Waals surface area contributed by atoms with Crippen LogP contribution in [0.4, 0.5) is 5.69 Å². The molecule has 0 aromatic heterocycles. The molecule has 0 fully saturated rings. The molecule has 20 heavy (non-hydrogen) atoms. The van der Waals surface area contributed by atoms with Crippen molar-refractivity contribution in [3.05, 3.63) is 61.1 Å². The van der Waals surface area contributed by atoms with Gasteiger partial charge >= 0.3 is 0 Å². The fraction of sp³-hybridized carbons (Fsp3) is 0. The molecule has 100 valence electrons. The van der Waals surface area contributed by atoms with Crippen LogP contribution >= 0.6 is 45.8 Å². The van der Waals surface area contributed by atoms with Gasteiger partial charge in [0.15, 0.2) is 0 Å². The molecule has 6 heteroatoms. The molecule has 0 bridgehead atoms. The second kappa shape index (κ2) is 5.02. The zero-order chi connectivity index (χ0) is 14.4. The lowest BCUT2D eigenvalue weighted by Gasteiger charge is -2.17. The second-order valence-corrected chi connectivity index (χ2v) is 6.27. The summed E-state index contributed by atoms with van der Waals surface area (Å²) in [6.45, 7) is 0. The number of anilines is 1. The third-order valence-corrected chi connectivity index (χ3v) is 4.20. The molecule has 1 heterocycles. The van der Waals surface area contributed by atoms with Gasteiger partial charge in [-0.1, -0.05) is 35.3 Å². The van der Waals surface area contributed by atoms with E-state index in [-0.39, 0.29) is 15.7 Å². The summed E-state index contributed by atoms with van der Waals surface area (Å²) in [7, 11) is 0. The van der Waals surface area contributed by atoms with E-state index in [0.29, 0.717) is 11.1 Å². The summed E-state index contributed by atoms with van der Waals surface area (Å²) in [6, 6.07) is 9.98. The van der Waals surface area contributed by atoms with Crippen molar-refractivity contribution in [3.63, 3.8) is 0 Å². The van der Waals surface area contributed by atoms with Gasteiger partial charge in [0.2, 0.25) is 0 Å². The number of carbonyl (C=O) groups is 2. The smallest absolute Gasteiger partial charge is 0.266 e. The van der Waals surface area contributed by atoms with Gasteiger partial charge in [-0.15, -0.1) is 0 Å². The fourth-order valence-electron chi connectivity index (χ4n) is 2.14. The molecule has 0 radical (unpaired) electrons. The zero-order valence-corrected chi connectivity index (χ0v) is 13.5. The van der Waals surface area contributed by atoms with Gasteiger partial charge in [0, 0.05) is 3.57 Å². The van der Waals surface area contributed by atoms with Crippen molar-refractivity contribution in [1.29, 1.82) is 0 Å². The number of fused-ring (bicyclic) bond motifs is 1. The van der Waals surface area contributed by atoms with Gasteiger partial charge in [-0.25, -0.2) is 4.90 Å². The molecule has 2 aromatic rings. The first-order chi connectivity index (χ1) is 9.50. The van der Waals surface area contributed by atoms with Crippen LogP contribution in [0.1, 0.15) is 20.7 Å². The Morgan fingerprint density at radius 3 is 1.80 bits per heavy atom. The van der Waals surface area contributed by atoms with Crippen molar-refractivity contribution < 1.29 is 9.59 Å². The molecule has 1 aliphatic rings. The first-order valence-corrected chi connectivity index (χ1v) is 7.46. The molecule has 0 atom stereocenters. The minimum atomic E-state index is -0.407. The van der Waals surface area contributed by atoms with Crippen molar-refractivity contribution in [2.24, 2.45) is 0 Å². The summed E-state index contributed by atoms with van der Waals surface area (Å²) in [5.74, 6) is -0.814. The molecule has 3 rings (SSSR count). The lowest BCUT2D eigenvalue weighted by Crippen LogP contribution is -2.30. The molecule has 0 spiro atoms. The number of hydrogen-bond acceptors (Lipinski definition) is 2. The van der Waals surface area contributed by atoms with Gasteiger partial charge in [0.25, 0.3) is 11.8 Å². The van der Waals surface area contributed by atoms with Crippen LogP contribution in [-0.4, -0.2) is 11.8 Å². The molecule has 0 N–H and O–H groups in total. The number of imide groups is 1. The van der Waals surface area contributed by atoms with Gasteiger partial charge in [0.1, 0.15) is 0 Å². The Balaban J connectivity index is 2.19. The van der Waals surface area contributed by atoms with Gasteiger partial charge < -0.3 is 0 Å². The summed E-state index contributed by atoms with van der Waals surface area (Å²) >= 11 is 14.4. The van der Waals surface area contributed by atoms with Gasteiger partial charge in [-0.2, -0.15) is 0 Å². The topological polar surface area (TPSA) is 37.4 Å². The molecule has 0 saturated carbocycles. The van der Waals surface area contributed by atoms with E-state index in [0.717, 1.165) is 8.47 Å². The minimum Gasteiger partial charge on any atom is -0.268 e. The highest BCUT2D eigenvalue weighted by molar-refractivity contribution is 14.1. The van der Waals surface area contributed by atoms with Crippen LogP contribution in [0, 0.1) is 3.57 Å². The summed E-state index contributed by atoms with van der Waals surface area (Å²) in [5.41, 5.74) is 0.964. The van der Waals surface area contributed by atoms with Gasteiger partial charge in [-0.05, 0) is 46.9 Å². The molecular weight excluding hydrogens is 412 g/mol. The van der Waals surface area contributed by atoms with Crippen LogP contribution in [0.25, 0.3) is 0 Å². The lowest BCUT2D eigenvalue weighted by atomic mass is 10.1. The monoisotopic (exact) mass is 417 g/mol. The maximum Gasteiger partial charge on any atom is 0.266 e.